The summed E-state index contributed by atoms with van der Waals surface area (Å²) in [6.45, 7) is 3.96. The van der Waals surface area contributed by atoms with Crippen molar-refractivity contribution in [2.75, 3.05) is 17.3 Å². The molecule has 8 heteroatoms. The minimum Gasteiger partial charge on any atom is -0.465 e. The summed E-state index contributed by atoms with van der Waals surface area (Å²) in [6, 6.07) is 9.21. The van der Waals surface area contributed by atoms with Crippen LogP contribution >= 0.6 is 34.7 Å². The number of aryl methyl sites for hydroxylation is 1. The minimum absolute atomic E-state index is 0.0718. The number of aliphatic imine (C=N–C) groups is 1. The Morgan fingerprint density at radius 1 is 1.41 bits per heavy atom. The Morgan fingerprint density at radius 3 is 2.89 bits per heavy atom. The number of rotatable bonds is 5. The van der Waals surface area contributed by atoms with Gasteiger partial charge in [-0.15, -0.1) is 11.3 Å². The second-order valence-electron chi connectivity index (χ2n) is 5.61. The SMILES string of the molecule is CCOC(=O)CSC1=N/C(=C\c2cccs2)C(=O)N1c1ccc(C)c(Cl)c1. The molecule has 0 fully saturated rings. The van der Waals surface area contributed by atoms with E-state index in [0.717, 1.165) is 10.4 Å². The fraction of sp³-hybridized carbons (Fsp3) is 0.211. The Labute approximate surface area is 170 Å². The second-order valence-corrected chi connectivity index (χ2v) is 7.94. The Bertz CT molecular complexity index is 923. The van der Waals surface area contributed by atoms with Crippen LogP contribution in [0.15, 0.2) is 46.4 Å². The number of nitrogens with zero attached hydrogens (tertiary/aromatic N) is 2. The summed E-state index contributed by atoms with van der Waals surface area (Å²) in [7, 11) is 0. The first-order chi connectivity index (χ1) is 13.0. The van der Waals surface area contributed by atoms with Crippen molar-refractivity contribution >= 4 is 63.5 Å². The molecule has 0 N–H and O–H groups in total. The quantitative estimate of drug-likeness (QED) is 0.517. The number of anilines is 1. The number of hydrogen-bond acceptors (Lipinski definition) is 6. The summed E-state index contributed by atoms with van der Waals surface area (Å²) >= 11 is 8.92. The van der Waals surface area contributed by atoms with Crippen LogP contribution in [-0.2, 0) is 14.3 Å². The molecule has 0 radical (unpaired) electrons. The first-order valence-corrected chi connectivity index (χ1v) is 10.5. The van der Waals surface area contributed by atoms with Gasteiger partial charge in [0, 0.05) is 9.90 Å². The van der Waals surface area contributed by atoms with Gasteiger partial charge in [-0.3, -0.25) is 14.5 Å². The van der Waals surface area contributed by atoms with E-state index in [1.807, 2.05) is 36.6 Å². The molecule has 0 bridgehead atoms. The fourth-order valence-electron chi connectivity index (χ4n) is 2.38. The summed E-state index contributed by atoms with van der Waals surface area (Å²) in [6.07, 6.45) is 1.74. The number of benzene rings is 1. The largest absolute Gasteiger partial charge is 0.465 e. The number of thiophene rings is 1. The lowest BCUT2D eigenvalue weighted by atomic mass is 10.2. The molecular weight excluding hydrogens is 404 g/mol. The highest BCUT2D eigenvalue weighted by molar-refractivity contribution is 8.14. The number of carbonyl (C=O) groups is 2. The first kappa shape index (κ1) is 19.7. The predicted molar refractivity (Wildman–Crippen MR) is 112 cm³/mol. The highest BCUT2D eigenvalue weighted by Crippen LogP contribution is 2.32. The van der Waals surface area contributed by atoms with E-state index in [0.29, 0.717) is 28.2 Å². The molecule has 1 aliphatic heterocycles. The van der Waals surface area contributed by atoms with Gasteiger partial charge in [0.15, 0.2) is 5.17 Å². The molecule has 0 atom stereocenters. The van der Waals surface area contributed by atoms with Gasteiger partial charge in [0.1, 0.15) is 5.70 Å². The van der Waals surface area contributed by atoms with E-state index in [9.17, 15) is 9.59 Å². The monoisotopic (exact) mass is 420 g/mol. The Hall–Kier alpha value is -2.09. The van der Waals surface area contributed by atoms with Crippen molar-refractivity contribution in [3.05, 3.63) is 56.9 Å². The normalized spacial score (nSPS) is 15.4. The maximum atomic E-state index is 13.0. The van der Waals surface area contributed by atoms with Gasteiger partial charge >= 0.3 is 5.97 Å². The Kier molecular flexibility index (Phi) is 6.36. The number of thioether (sulfide) groups is 1. The number of esters is 1. The Balaban J connectivity index is 1.93. The van der Waals surface area contributed by atoms with Crippen LogP contribution in [0.4, 0.5) is 5.69 Å². The molecule has 0 spiro atoms. The molecule has 1 aliphatic rings. The number of carbonyl (C=O) groups excluding carboxylic acids is 2. The Morgan fingerprint density at radius 2 is 2.22 bits per heavy atom. The van der Waals surface area contributed by atoms with Crippen molar-refractivity contribution in [2.45, 2.75) is 13.8 Å². The average molecular weight is 421 g/mol. The van der Waals surface area contributed by atoms with E-state index in [2.05, 4.69) is 4.99 Å². The maximum Gasteiger partial charge on any atom is 0.316 e. The van der Waals surface area contributed by atoms with Crippen molar-refractivity contribution in [1.29, 1.82) is 0 Å². The smallest absolute Gasteiger partial charge is 0.316 e. The van der Waals surface area contributed by atoms with Gasteiger partial charge in [-0.05, 0) is 49.1 Å². The summed E-state index contributed by atoms with van der Waals surface area (Å²) in [5.74, 6) is -0.535. The van der Waals surface area contributed by atoms with Crippen LogP contribution in [0.25, 0.3) is 6.08 Å². The summed E-state index contributed by atoms with van der Waals surface area (Å²) in [5.41, 5.74) is 1.85. The van der Waals surface area contributed by atoms with Gasteiger partial charge < -0.3 is 4.74 Å². The molecule has 2 heterocycles. The van der Waals surface area contributed by atoms with Crippen LogP contribution in [0.1, 0.15) is 17.4 Å². The highest BCUT2D eigenvalue weighted by Gasteiger charge is 2.32. The lowest BCUT2D eigenvalue weighted by molar-refractivity contribution is -0.139. The van der Waals surface area contributed by atoms with Crippen LogP contribution < -0.4 is 4.90 Å². The van der Waals surface area contributed by atoms with Gasteiger partial charge in [0.05, 0.1) is 18.0 Å². The lowest BCUT2D eigenvalue weighted by Gasteiger charge is -2.18. The van der Waals surface area contributed by atoms with Gasteiger partial charge in [-0.25, -0.2) is 4.99 Å². The molecular formula is C19H17ClN2O3S2. The van der Waals surface area contributed by atoms with E-state index in [4.69, 9.17) is 16.3 Å². The zero-order valence-corrected chi connectivity index (χ0v) is 17.2. The van der Waals surface area contributed by atoms with Crippen molar-refractivity contribution in [3.63, 3.8) is 0 Å². The lowest BCUT2D eigenvalue weighted by Crippen LogP contribution is -2.31. The number of hydrogen-bond donors (Lipinski definition) is 0. The summed E-state index contributed by atoms with van der Waals surface area (Å²) < 4.78 is 4.96. The molecule has 27 heavy (non-hydrogen) atoms. The van der Waals surface area contributed by atoms with E-state index in [1.54, 1.807) is 19.1 Å². The van der Waals surface area contributed by atoms with Crippen molar-refractivity contribution in [1.82, 2.24) is 0 Å². The number of halogens is 1. The molecule has 0 unspecified atom stereocenters. The van der Waals surface area contributed by atoms with Crippen LogP contribution in [0.5, 0.6) is 0 Å². The molecule has 0 saturated carbocycles. The molecule has 3 rings (SSSR count). The molecule has 1 amide bonds. The molecule has 0 aliphatic carbocycles. The first-order valence-electron chi connectivity index (χ1n) is 8.22. The van der Waals surface area contributed by atoms with E-state index < -0.39 is 0 Å². The zero-order chi connectivity index (χ0) is 19.4. The maximum absolute atomic E-state index is 13.0. The summed E-state index contributed by atoms with van der Waals surface area (Å²) in [4.78, 5) is 31.6. The molecule has 1 aromatic heterocycles. The third-order valence-corrected chi connectivity index (χ3v) is 5.83. The number of ether oxygens (including phenoxy) is 1. The number of amidine groups is 1. The third kappa shape index (κ3) is 4.61. The van der Waals surface area contributed by atoms with E-state index in [-0.39, 0.29) is 17.6 Å². The number of amides is 1. The van der Waals surface area contributed by atoms with Crippen molar-refractivity contribution < 1.29 is 14.3 Å². The standard InChI is InChI=1S/C19H17ClN2O3S2/c1-3-25-17(23)11-27-19-21-16(10-14-5-4-8-26-14)18(24)22(19)13-7-6-12(2)15(20)9-13/h4-10H,3,11H2,1-2H3/b16-10-. The summed E-state index contributed by atoms with van der Waals surface area (Å²) in [5, 5.41) is 2.92. The van der Waals surface area contributed by atoms with Gasteiger partial charge in [-0.2, -0.15) is 0 Å². The molecule has 1 aromatic carbocycles. The van der Waals surface area contributed by atoms with Crippen LogP contribution in [0.2, 0.25) is 5.02 Å². The van der Waals surface area contributed by atoms with Gasteiger partial charge in [0.2, 0.25) is 0 Å². The average Bonchev–Trinajstić information content (AvgIpc) is 3.25. The third-order valence-electron chi connectivity index (χ3n) is 3.69. The zero-order valence-electron chi connectivity index (χ0n) is 14.8. The topological polar surface area (TPSA) is 59.0 Å². The molecule has 140 valence electrons. The van der Waals surface area contributed by atoms with Gasteiger partial charge in [0.25, 0.3) is 5.91 Å². The highest BCUT2D eigenvalue weighted by atomic mass is 35.5. The fourth-order valence-corrected chi connectivity index (χ4v) is 4.01. The molecule has 0 saturated heterocycles. The molecule has 5 nitrogen and oxygen atoms in total. The molecule has 2 aromatic rings. The minimum atomic E-state index is -0.352. The van der Waals surface area contributed by atoms with Crippen LogP contribution in [-0.4, -0.2) is 29.4 Å². The van der Waals surface area contributed by atoms with Crippen LogP contribution in [0.3, 0.4) is 0 Å². The van der Waals surface area contributed by atoms with Crippen LogP contribution in [0, 0.1) is 6.92 Å². The van der Waals surface area contributed by atoms with Gasteiger partial charge in [-0.1, -0.05) is 35.5 Å². The van der Waals surface area contributed by atoms with Crippen molar-refractivity contribution in [2.24, 2.45) is 4.99 Å². The van der Waals surface area contributed by atoms with Crippen molar-refractivity contribution in [3.8, 4) is 0 Å². The van der Waals surface area contributed by atoms with E-state index in [1.165, 1.54) is 28.0 Å². The second kappa shape index (κ2) is 8.73. The van der Waals surface area contributed by atoms with E-state index >= 15 is 0 Å². The predicted octanol–water partition coefficient (Wildman–Crippen LogP) is 4.75.